The Morgan fingerprint density at radius 1 is 1.17 bits per heavy atom. The van der Waals surface area contributed by atoms with Crippen molar-refractivity contribution in [3.63, 3.8) is 0 Å². The lowest BCUT2D eigenvalue weighted by molar-refractivity contribution is -0.117. The Labute approximate surface area is 140 Å². The molecule has 0 spiro atoms. The molecule has 3 rings (SSSR count). The summed E-state index contributed by atoms with van der Waals surface area (Å²) in [5.41, 5.74) is 1.10. The van der Waals surface area contributed by atoms with Crippen LogP contribution in [0.5, 0.6) is 0 Å². The Hall–Kier alpha value is -2.14. The highest BCUT2D eigenvalue weighted by molar-refractivity contribution is 7.18. The number of carbonyl (C=O) groups is 2. The van der Waals surface area contributed by atoms with Crippen molar-refractivity contribution in [2.24, 2.45) is 5.92 Å². The summed E-state index contributed by atoms with van der Waals surface area (Å²) in [4.78, 5) is 26.8. The van der Waals surface area contributed by atoms with E-state index in [0.29, 0.717) is 4.88 Å². The second-order valence-electron chi connectivity index (χ2n) is 5.93. The van der Waals surface area contributed by atoms with Gasteiger partial charge in [-0.3, -0.25) is 9.59 Å². The van der Waals surface area contributed by atoms with Crippen LogP contribution in [0.1, 0.15) is 41.0 Å². The van der Waals surface area contributed by atoms with Gasteiger partial charge in [-0.15, -0.1) is 11.3 Å². The van der Waals surface area contributed by atoms with Gasteiger partial charge in [0, 0.05) is 13.0 Å². The molecule has 1 aliphatic rings. The van der Waals surface area contributed by atoms with E-state index in [2.05, 4.69) is 5.32 Å². The molecule has 4 nitrogen and oxygen atoms in total. The van der Waals surface area contributed by atoms with Crippen molar-refractivity contribution >= 4 is 28.2 Å². The zero-order valence-electron chi connectivity index (χ0n) is 13.3. The van der Waals surface area contributed by atoms with E-state index in [1.807, 2.05) is 44.3 Å². The second kappa shape index (κ2) is 6.54. The van der Waals surface area contributed by atoms with Gasteiger partial charge in [-0.1, -0.05) is 30.3 Å². The Bertz CT molecular complexity index is 707. The largest absolute Gasteiger partial charge is 0.334 e. The number of carbonyl (C=O) groups excluding carboxylic acids is 2. The third kappa shape index (κ3) is 3.62. The monoisotopic (exact) mass is 328 g/mol. The fourth-order valence-corrected chi connectivity index (χ4v) is 3.29. The van der Waals surface area contributed by atoms with Gasteiger partial charge in [-0.2, -0.15) is 0 Å². The minimum atomic E-state index is -0.0294. The first-order valence-corrected chi connectivity index (χ1v) is 8.60. The van der Waals surface area contributed by atoms with Crippen LogP contribution in [0.2, 0.25) is 0 Å². The molecule has 2 amide bonds. The van der Waals surface area contributed by atoms with Crippen LogP contribution >= 0.6 is 11.3 Å². The highest BCUT2D eigenvalue weighted by Crippen LogP contribution is 2.32. The summed E-state index contributed by atoms with van der Waals surface area (Å²) < 4.78 is 0. The topological polar surface area (TPSA) is 49.4 Å². The summed E-state index contributed by atoms with van der Waals surface area (Å²) >= 11 is 1.33. The number of rotatable bonds is 5. The average Bonchev–Trinajstić information content (AvgIpc) is 3.34. The van der Waals surface area contributed by atoms with Gasteiger partial charge < -0.3 is 10.2 Å². The fourth-order valence-electron chi connectivity index (χ4n) is 2.39. The molecule has 1 N–H and O–H groups in total. The summed E-state index contributed by atoms with van der Waals surface area (Å²) in [5, 5.41) is 3.63. The fraction of sp³-hybridized carbons (Fsp3) is 0.333. The van der Waals surface area contributed by atoms with Crippen LogP contribution in [-0.4, -0.2) is 23.8 Å². The van der Waals surface area contributed by atoms with Crippen LogP contribution < -0.4 is 5.32 Å². The van der Waals surface area contributed by atoms with Gasteiger partial charge in [0.2, 0.25) is 5.91 Å². The van der Waals surface area contributed by atoms with Gasteiger partial charge in [0.05, 0.1) is 15.9 Å². The van der Waals surface area contributed by atoms with Crippen molar-refractivity contribution in [2.75, 3.05) is 12.4 Å². The van der Waals surface area contributed by atoms with Crippen molar-refractivity contribution in [3.05, 3.63) is 52.9 Å². The minimum absolute atomic E-state index is 0.00435. The van der Waals surface area contributed by atoms with E-state index in [4.69, 9.17) is 0 Å². The summed E-state index contributed by atoms with van der Waals surface area (Å²) in [6, 6.07) is 13.5. The number of benzene rings is 1. The molecule has 0 saturated heterocycles. The number of thiophene rings is 1. The molecule has 2 aromatic rings. The van der Waals surface area contributed by atoms with E-state index < -0.39 is 0 Å². The third-order valence-corrected chi connectivity index (χ3v) is 5.18. The lowest BCUT2D eigenvalue weighted by Crippen LogP contribution is -2.29. The Kier molecular flexibility index (Phi) is 4.48. The maximum atomic E-state index is 12.6. The molecule has 1 unspecified atom stereocenters. The number of nitrogens with zero attached hydrogens (tertiary/aromatic N) is 1. The molecule has 1 atom stereocenters. The lowest BCUT2D eigenvalue weighted by Gasteiger charge is -2.24. The number of amides is 2. The second-order valence-corrected chi connectivity index (χ2v) is 7.01. The van der Waals surface area contributed by atoms with Gasteiger partial charge in [0.25, 0.3) is 5.91 Å². The average molecular weight is 328 g/mol. The number of nitrogens with one attached hydrogen (secondary N) is 1. The molecule has 1 aromatic heterocycles. The summed E-state index contributed by atoms with van der Waals surface area (Å²) in [7, 11) is 1.81. The van der Waals surface area contributed by atoms with Crippen LogP contribution in [0.4, 0.5) is 5.00 Å². The molecule has 0 radical (unpaired) electrons. The van der Waals surface area contributed by atoms with Crippen LogP contribution in [0.25, 0.3) is 0 Å². The summed E-state index contributed by atoms with van der Waals surface area (Å²) in [5.74, 6) is 0.201. The quantitative estimate of drug-likeness (QED) is 0.904. The highest BCUT2D eigenvalue weighted by Gasteiger charge is 2.30. The number of hydrogen-bond acceptors (Lipinski definition) is 3. The van der Waals surface area contributed by atoms with Crippen LogP contribution in [0.3, 0.4) is 0 Å². The van der Waals surface area contributed by atoms with Crippen LogP contribution in [0.15, 0.2) is 42.5 Å². The van der Waals surface area contributed by atoms with Gasteiger partial charge in [0.1, 0.15) is 0 Å². The molecule has 1 aromatic carbocycles. The van der Waals surface area contributed by atoms with Crippen molar-refractivity contribution in [1.82, 2.24) is 4.90 Å². The van der Waals surface area contributed by atoms with E-state index in [1.165, 1.54) is 11.3 Å². The molecular weight excluding hydrogens is 308 g/mol. The first-order valence-electron chi connectivity index (χ1n) is 7.79. The van der Waals surface area contributed by atoms with E-state index in [0.717, 1.165) is 23.4 Å². The maximum Gasteiger partial charge on any atom is 0.264 e. The molecule has 1 heterocycles. The third-order valence-electron chi connectivity index (χ3n) is 4.19. The maximum absolute atomic E-state index is 12.6. The van der Waals surface area contributed by atoms with Gasteiger partial charge in [0.15, 0.2) is 0 Å². The van der Waals surface area contributed by atoms with Crippen LogP contribution in [0, 0.1) is 5.92 Å². The van der Waals surface area contributed by atoms with Crippen molar-refractivity contribution in [3.8, 4) is 0 Å². The van der Waals surface area contributed by atoms with Crippen LogP contribution in [-0.2, 0) is 4.79 Å². The van der Waals surface area contributed by atoms with Gasteiger partial charge in [-0.25, -0.2) is 0 Å². The zero-order valence-corrected chi connectivity index (χ0v) is 14.1. The number of hydrogen-bond donors (Lipinski definition) is 1. The standard InChI is InChI=1S/C18H20N2O2S/c1-12(13-6-4-3-5-7-13)20(2)18(22)15-10-11-16(23-15)19-17(21)14-8-9-14/h3-7,10-12,14H,8-9H2,1-2H3,(H,19,21). The van der Waals surface area contributed by atoms with E-state index in [1.54, 1.807) is 17.0 Å². The molecular formula is C18H20N2O2S. The molecule has 1 aliphatic carbocycles. The van der Waals surface area contributed by atoms with Crippen molar-refractivity contribution < 1.29 is 9.59 Å². The molecule has 1 saturated carbocycles. The van der Waals surface area contributed by atoms with E-state index in [9.17, 15) is 9.59 Å². The van der Waals surface area contributed by atoms with E-state index >= 15 is 0 Å². The molecule has 5 heteroatoms. The zero-order chi connectivity index (χ0) is 16.4. The predicted octanol–water partition coefficient (Wildman–Crippen LogP) is 3.93. The molecule has 1 fully saturated rings. The van der Waals surface area contributed by atoms with Crippen molar-refractivity contribution in [2.45, 2.75) is 25.8 Å². The van der Waals surface area contributed by atoms with Gasteiger partial charge in [-0.05, 0) is 37.5 Å². The molecule has 120 valence electrons. The molecule has 0 bridgehead atoms. The van der Waals surface area contributed by atoms with Crippen molar-refractivity contribution in [1.29, 1.82) is 0 Å². The molecule has 0 aliphatic heterocycles. The summed E-state index contributed by atoms with van der Waals surface area (Å²) in [6.07, 6.45) is 1.95. The normalized spacial score (nSPS) is 15.0. The first kappa shape index (κ1) is 15.7. The Balaban J connectivity index is 1.67. The SMILES string of the molecule is CC(c1ccccc1)N(C)C(=O)c1ccc(NC(=O)C2CC2)s1. The Morgan fingerprint density at radius 2 is 1.87 bits per heavy atom. The smallest absolute Gasteiger partial charge is 0.264 e. The predicted molar refractivity (Wildman–Crippen MR) is 92.6 cm³/mol. The Morgan fingerprint density at radius 3 is 2.52 bits per heavy atom. The first-order chi connectivity index (χ1) is 11.1. The molecule has 23 heavy (non-hydrogen) atoms. The van der Waals surface area contributed by atoms with Gasteiger partial charge >= 0.3 is 0 Å². The minimum Gasteiger partial charge on any atom is -0.334 e. The highest BCUT2D eigenvalue weighted by atomic mass is 32.1. The summed E-state index contributed by atoms with van der Waals surface area (Å²) in [6.45, 7) is 2.01. The van der Waals surface area contributed by atoms with E-state index in [-0.39, 0.29) is 23.8 Å². The lowest BCUT2D eigenvalue weighted by atomic mass is 10.1. The number of anilines is 1.